The molecule has 78 valence electrons. The molecule has 0 aliphatic rings. The molecule has 6 heteroatoms. The number of hydrogen-bond acceptors (Lipinski definition) is 4. The van der Waals surface area contributed by atoms with E-state index in [9.17, 15) is 8.78 Å². The molecular weight excluding hydrogens is 190 g/mol. The molecule has 1 aromatic rings. The Bertz CT molecular complexity index is 275. The van der Waals surface area contributed by atoms with E-state index in [1.165, 1.54) is 24.3 Å². The first-order valence-corrected chi connectivity index (χ1v) is 4.13. The van der Waals surface area contributed by atoms with Crippen molar-refractivity contribution in [1.29, 1.82) is 0 Å². The number of anilines is 1. The minimum atomic E-state index is -2.39. The zero-order valence-corrected chi connectivity index (χ0v) is 7.82. The Kier molecular flexibility index (Phi) is 3.70. The van der Waals surface area contributed by atoms with Crippen molar-refractivity contribution < 1.29 is 8.78 Å². The van der Waals surface area contributed by atoms with Gasteiger partial charge in [-0.2, -0.15) is 0 Å². The number of nitrogens with zero attached hydrogens (tertiary/aromatic N) is 3. The SMILES string of the molecule is CN(CC(F)F)c1ncc(CN)cn1. The molecule has 1 aromatic heterocycles. The summed E-state index contributed by atoms with van der Waals surface area (Å²) in [4.78, 5) is 9.10. The Hall–Kier alpha value is -1.30. The molecule has 0 fully saturated rings. The Balaban J connectivity index is 2.66. The van der Waals surface area contributed by atoms with Gasteiger partial charge in [0.15, 0.2) is 0 Å². The predicted molar refractivity (Wildman–Crippen MR) is 49.2 cm³/mol. The lowest BCUT2D eigenvalue weighted by Gasteiger charge is -2.15. The largest absolute Gasteiger partial charge is 0.338 e. The average molecular weight is 202 g/mol. The fourth-order valence-corrected chi connectivity index (χ4v) is 0.939. The normalized spacial score (nSPS) is 10.6. The van der Waals surface area contributed by atoms with Crippen LogP contribution in [0.15, 0.2) is 12.4 Å². The van der Waals surface area contributed by atoms with Crippen molar-refractivity contribution >= 4 is 5.95 Å². The maximum absolute atomic E-state index is 12.0. The topological polar surface area (TPSA) is 55.0 Å². The second-order valence-electron chi connectivity index (χ2n) is 2.87. The van der Waals surface area contributed by atoms with Crippen LogP contribution in [0.5, 0.6) is 0 Å². The van der Waals surface area contributed by atoms with Crippen molar-refractivity contribution in [3.63, 3.8) is 0 Å². The van der Waals surface area contributed by atoms with Crippen molar-refractivity contribution in [3.05, 3.63) is 18.0 Å². The van der Waals surface area contributed by atoms with Crippen molar-refractivity contribution in [2.24, 2.45) is 5.73 Å². The Morgan fingerprint density at radius 3 is 2.43 bits per heavy atom. The van der Waals surface area contributed by atoms with Crippen LogP contribution in [0.25, 0.3) is 0 Å². The lowest BCUT2D eigenvalue weighted by molar-refractivity contribution is 0.156. The molecule has 1 rings (SSSR count). The van der Waals surface area contributed by atoms with Gasteiger partial charge in [0.25, 0.3) is 6.43 Å². The highest BCUT2D eigenvalue weighted by Crippen LogP contribution is 2.06. The molecule has 0 aliphatic heterocycles. The maximum Gasteiger partial charge on any atom is 0.255 e. The monoisotopic (exact) mass is 202 g/mol. The van der Waals surface area contributed by atoms with Crippen molar-refractivity contribution in [2.45, 2.75) is 13.0 Å². The van der Waals surface area contributed by atoms with Crippen LogP contribution in [0.4, 0.5) is 14.7 Å². The average Bonchev–Trinajstić information content (AvgIpc) is 2.17. The lowest BCUT2D eigenvalue weighted by atomic mass is 10.3. The van der Waals surface area contributed by atoms with E-state index in [0.717, 1.165) is 5.56 Å². The molecule has 1 heterocycles. The van der Waals surface area contributed by atoms with Crippen LogP contribution in [0.1, 0.15) is 5.56 Å². The molecule has 0 bridgehead atoms. The van der Waals surface area contributed by atoms with E-state index in [4.69, 9.17) is 5.73 Å². The number of alkyl halides is 2. The third-order valence-electron chi connectivity index (χ3n) is 1.68. The number of hydrogen-bond donors (Lipinski definition) is 1. The van der Waals surface area contributed by atoms with Gasteiger partial charge in [-0.15, -0.1) is 0 Å². The summed E-state index contributed by atoms with van der Waals surface area (Å²) >= 11 is 0. The fourth-order valence-electron chi connectivity index (χ4n) is 0.939. The van der Waals surface area contributed by atoms with E-state index in [-0.39, 0.29) is 12.5 Å². The van der Waals surface area contributed by atoms with E-state index in [2.05, 4.69) is 9.97 Å². The van der Waals surface area contributed by atoms with E-state index < -0.39 is 6.43 Å². The third-order valence-corrected chi connectivity index (χ3v) is 1.68. The summed E-state index contributed by atoms with van der Waals surface area (Å²) < 4.78 is 24.0. The third kappa shape index (κ3) is 2.88. The smallest absolute Gasteiger partial charge is 0.255 e. The molecule has 0 saturated carbocycles. The summed E-state index contributed by atoms with van der Waals surface area (Å²) in [6.45, 7) is -0.0270. The maximum atomic E-state index is 12.0. The quantitative estimate of drug-likeness (QED) is 0.778. The number of nitrogens with two attached hydrogens (primary N) is 1. The van der Waals surface area contributed by atoms with Gasteiger partial charge in [0.05, 0.1) is 6.54 Å². The summed E-state index contributed by atoms with van der Waals surface area (Å²) in [6.07, 6.45) is 0.673. The zero-order valence-electron chi connectivity index (χ0n) is 7.82. The second kappa shape index (κ2) is 4.80. The van der Waals surface area contributed by atoms with E-state index in [1.54, 1.807) is 0 Å². The highest BCUT2D eigenvalue weighted by Gasteiger charge is 2.10. The molecule has 0 unspecified atom stereocenters. The van der Waals surface area contributed by atoms with Gasteiger partial charge in [0.1, 0.15) is 0 Å². The van der Waals surface area contributed by atoms with Crippen LogP contribution in [0.2, 0.25) is 0 Å². The van der Waals surface area contributed by atoms with E-state index in [0.29, 0.717) is 6.54 Å². The van der Waals surface area contributed by atoms with Gasteiger partial charge in [0, 0.05) is 31.5 Å². The van der Waals surface area contributed by atoms with Gasteiger partial charge in [-0.25, -0.2) is 18.7 Å². The van der Waals surface area contributed by atoms with Crippen molar-refractivity contribution in [3.8, 4) is 0 Å². The summed E-state index contributed by atoms with van der Waals surface area (Å²) in [5, 5.41) is 0. The van der Waals surface area contributed by atoms with Gasteiger partial charge >= 0.3 is 0 Å². The fraction of sp³-hybridized carbons (Fsp3) is 0.500. The first-order chi connectivity index (χ1) is 6.63. The summed E-state index contributed by atoms with van der Waals surface area (Å²) in [5.74, 6) is 0.280. The Labute approximate surface area is 80.8 Å². The van der Waals surface area contributed by atoms with Crippen LogP contribution in [0, 0.1) is 0 Å². The van der Waals surface area contributed by atoms with Crippen molar-refractivity contribution in [1.82, 2.24) is 9.97 Å². The number of halogens is 2. The minimum absolute atomic E-state index is 0.280. The molecule has 0 radical (unpaired) electrons. The van der Waals surface area contributed by atoms with Gasteiger partial charge < -0.3 is 10.6 Å². The number of rotatable bonds is 4. The molecule has 0 saturated heterocycles. The number of aromatic nitrogens is 2. The van der Waals surface area contributed by atoms with Crippen LogP contribution < -0.4 is 10.6 Å². The zero-order chi connectivity index (χ0) is 10.6. The summed E-state index contributed by atoms with van der Waals surface area (Å²) in [6, 6.07) is 0. The van der Waals surface area contributed by atoms with Gasteiger partial charge in [0.2, 0.25) is 5.95 Å². The second-order valence-corrected chi connectivity index (χ2v) is 2.87. The van der Waals surface area contributed by atoms with Crippen LogP contribution in [0.3, 0.4) is 0 Å². The van der Waals surface area contributed by atoms with Crippen LogP contribution >= 0.6 is 0 Å². The lowest BCUT2D eigenvalue weighted by Crippen LogP contribution is -2.25. The molecule has 2 N–H and O–H groups in total. The van der Waals surface area contributed by atoms with Gasteiger partial charge in [-0.1, -0.05) is 0 Å². The predicted octanol–water partition coefficient (Wildman–Crippen LogP) is 0.637. The standard InChI is InChI=1S/C8H12F2N4/c1-14(5-7(9)10)8-12-3-6(2-11)4-13-8/h3-4,7H,2,5,11H2,1H3. The van der Waals surface area contributed by atoms with Crippen molar-refractivity contribution in [2.75, 3.05) is 18.5 Å². The minimum Gasteiger partial charge on any atom is -0.338 e. The summed E-state index contributed by atoms with van der Waals surface area (Å²) in [5.41, 5.74) is 6.12. The molecule has 0 amide bonds. The molecule has 0 aromatic carbocycles. The van der Waals surface area contributed by atoms with Gasteiger partial charge in [-0.3, -0.25) is 0 Å². The van der Waals surface area contributed by atoms with E-state index >= 15 is 0 Å². The molecule has 0 atom stereocenters. The van der Waals surface area contributed by atoms with Crippen LogP contribution in [-0.2, 0) is 6.54 Å². The molecule has 0 aliphatic carbocycles. The highest BCUT2D eigenvalue weighted by molar-refractivity contribution is 5.28. The molecule has 14 heavy (non-hydrogen) atoms. The van der Waals surface area contributed by atoms with Crippen LogP contribution in [-0.4, -0.2) is 30.0 Å². The first kappa shape index (κ1) is 10.8. The Morgan fingerprint density at radius 2 is 2.00 bits per heavy atom. The van der Waals surface area contributed by atoms with E-state index in [1.807, 2.05) is 0 Å². The summed E-state index contributed by atoms with van der Waals surface area (Å²) in [7, 11) is 1.52. The van der Waals surface area contributed by atoms with Gasteiger partial charge in [-0.05, 0) is 0 Å². The molecular formula is C8H12F2N4. The Morgan fingerprint density at radius 1 is 1.43 bits per heavy atom. The first-order valence-electron chi connectivity index (χ1n) is 4.13. The molecule has 4 nitrogen and oxygen atoms in total. The molecule has 0 spiro atoms. The highest BCUT2D eigenvalue weighted by atomic mass is 19.3.